The standard InChI is InChI=1S/C14H20N4O/c1-15-12(5-4-11-6-8-16-9-7-11)14-13(19-3)10-17-18(14)2/h6-10,12,15H,4-5H2,1-3H3. The highest BCUT2D eigenvalue weighted by Crippen LogP contribution is 2.27. The summed E-state index contributed by atoms with van der Waals surface area (Å²) in [6.45, 7) is 0. The predicted molar refractivity (Wildman–Crippen MR) is 74.1 cm³/mol. The van der Waals surface area contributed by atoms with Crippen molar-refractivity contribution in [1.29, 1.82) is 0 Å². The van der Waals surface area contributed by atoms with Crippen LogP contribution < -0.4 is 10.1 Å². The van der Waals surface area contributed by atoms with Crippen molar-refractivity contribution in [3.63, 3.8) is 0 Å². The van der Waals surface area contributed by atoms with E-state index in [4.69, 9.17) is 4.74 Å². The third-order valence-corrected chi connectivity index (χ3v) is 3.32. The van der Waals surface area contributed by atoms with E-state index in [2.05, 4.69) is 15.4 Å². The summed E-state index contributed by atoms with van der Waals surface area (Å²) in [5.74, 6) is 0.830. The average Bonchev–Trinajstić information content (AvgIpc) is 2.82. The molecular formula is C14H20N4O. The average molecular weight is 260 g/mol. The fourth-order valence-electron chi connectivity index (χ4n) is 2.26. The third kappa shape index (κ3) is 3.12. The Morgan fingerprint density at radius 2 is 2.11 bits per heavy atom. The second kappa shape index (κ2) is 6.33. The second-order valence-corrected chi connectivity index (χ2v) is 4.46. The molecule has 0 saturated heterocycles. The molecule has 2 rings (SSSR count). The van der Waals surface area contributed by atoms with E-state index in [1.165, 1.54) is 5.56 Å². The summed E-state index contributed by atoms with van der Waals surface area (Å²) in [5.41, 5.74) is 2.37. The highest BCUT2D eigenvalue weighted by Gasteiger charge is 2.18. The molecule has 2 aromatic rings. The fraction of sp³-hybridized carbons (Fsp3) is 0.429. The van der Waals surface area contributed by atoms with Crippen LogP contribution >= 0.6 is 0 Å². The van der Waals surface area contributed by atoms with E-state index in [0.717, 1.165) is 24.3 Å². The highest BCUT2D eigenvalue weighted by atomic mass is 16.5. The molecule has 0 saturated carbocycles. The van der Waals surface area contributed by atoms with Crippen molar-refractivity contribution in [2.75, 3.05) is 14.2 Å². The first-order chi connectivity index (χ1) is 9.26. The summed E-state index contributed by atoms with van der Waals surface area (Å²) >= 11 is 0. The summed E-state index contributed by atoms with van der Waals surface area (Å²) in [6, 6.07) is 4.32. The predicted octanol–water partition coefficient (Wildman–Crippen LogP) is 1.72. The Morgan fingerprint density at radius 1 is 1.37 bits per heavy atom. The first-order valence-corrected chi connectivity index (χ1v) is 6.38. The van der Waals surface area contributed by atoms with Crippen LogP contribution in [0.2, 0.25) is 0 Å². The number of pyridine rings is 1. The van der Waals surface area contributed by atoms with Crippen LogP contribution in [0, 0.1) is 0 Å². The van der Waals surface area contributed by atoms with Crippen molar-refractivity contribution >= 4 is 0 Å². The molecule has 0 aliphatic rings. The molecule has 0 aliphatic carbocycles. The van der Waals surface area contributed by atoms with Crippen molar-refractivity contribution in [1.82, 2.24) is 20.1 Å². The normalized spacial score (nSPS) is 12.4. The number of hydrogen-bond acceptors (Lipinski definition) is 4. The van der Waals surface area contributed by atoms with Gasteiger partial charge in [-0.05, 0) is 37.6 Å². The lowest BCUT2D eigenvalue weighted by atomic mass is 10.0. The van der Waals surface area contributed by atoms with Gasteiger partial charge in [0.15, 0.2) is 5.75 Å². The van der Waals surface area contributed by atoms with Gasteiger partial charge in [0.05, 0.1) is 25.0 Å². The molecule has 1 unspecified atom stereocenters. The van der Waals surface area contributed by atoms with Crippen molar-refractivity contribution in [3.05, 3.63) is 42.0 Å². The van der Waals surface area contributed by atoms with Crippen LogP contribution in [-0.2, 0) is 13.5 Å². The summed E-state index contributed by atoms with van der Waals surface area (Å²) in [5, 5.41) is 7.59. The van der Waals surface area contributed by atoms with E-state index in [-0.39, 0.29) is 6.04 Å². The molecule has 102 valence electrons. The van der Waals surface area contributed by atoms with E-state index >= 15 is 0 Å². The zero-order valence-electron chi connectivity index (χ0n) is 11.6. The van der Waals surface area contributed by atoms with Gasteiger partial charge in [-0.1, -0.05) is 0 Å². The number of hydrogen-bond donors (Lipinski definition) is 1. The molecule has 1 atom stereocenters. The Labute approximate surface area is 113 Å². The van der Waals surface area contributed by atoms with Gasteiger partial charge in [-0.15, -0.1) is 0 Å². The molecule has 2 heterocycles. The first-order valence-electron chi connectivity index (χ1n) is 6.38. The molecular weight excluding hydrogens is 240 g/mol. The molecule has 0 fully saturated rings. The van der Waals surface area contributed by atoms with Crippen LogP contribution in [0.25, 0.3) is 0 Å². The Kier molecular flexibility index (Phi) is 4.52. The lowest BCUT2D eigenvalue weighted by Crippen LogP contribution is -2.20. The monoisotopic (exact) mass is 260 g/mol. The van der Waals surface area contributed by atoms with Gasteiger partial charge in [0.1, 0.15) is 0 Å². The molecule has 2 aromatic heterocycles. The van der Waals surface area contributed by atoms with Crippen molar-refractivity contribution in [3.8, 4) is 5.75 Å². The summed E-state index contributed by atoms with van der Waals surface area (Å²) < 4.78 is 7.24. The van der Waals surface area contributed by atoms with Gasteiger partial charge in [0.2, 0.25) is 0 Å². The minimum Gasteiger partial charge on any atom is -0.493 e. The lowest BCUT2D eigenvalue weighted by molar-refractivity contribution is 0.393. The van der Waals surface area contributed by atoms with Crippen molar-refractivity contribution in [2.45, 2.75) is 18.9 Å². The third-order valence-electron chi connectivity index (χ3n) is 3.32. The van der Waals surface area contributed by atoms with Gasteiger partial charge in [0, 0.05) is 19.4 Å². The maximum atomic E-state index is 5.37. The Bertz CT molecular complexity index is 509. The Morgan fingerprint density at radius 3 is 2.74 bits per heavy atom. The van der Waals surface area contributed by atoms with Gasteiger partial charge >= 0.3 is 0 Å². The number of methoxy groups -OCH3 is 1. The maximum absolute atomic E-state index is 5.37. The first kappa shape index (κ1) is 13.5. The van der Waals surface area contributed by atoms with Gasteiger partial charge < -0.3 is 10.1 Å². The molecule has 5 nitrogen and oxygen atoms in total. The minimum absolute atomic E-state index is 0.218. The number of aryl methyl sites for hydroxylation is 2. The van der Waals surface area contributed by atoms with Crippen LogP contribution in [0.4, 0.5) is 0 Å². The van der Waals surface area contributed by atoms with E-state index < -0.39 is 0 Å². The van der Waals surface area contributed by atoms with Crippen LogP contribution in [0.15, 0.2) is 30.7 Å². The largest absolute Gasteiger partial charge is 0.493 e. The van der Waals surface area contributed by atoms with Gasteiger partial charge in [-0.2, -0.15) is 5.10 Å². The quantitative estimate of drug-likeness (QED) is 0.859. The minimum atomic E-state index is 0.218. The molecule has 0 aliphatic heterocycles. The fourth-order valence-corrected chi connectivity index (χ4v) is 2.26. The lowest BCUT2D eigenvalue weighted by Gasteiger charge is -2.18. The van der Waals surface area contributed by atoms with Crippen LogP contribution in [0.3, 0.4) is 0 Å². The summed E-state index contributed by atoms with van der Waals surface area (Å²) in [4.78, 5) is 4.03. The van der Waals surface area contributed by atoms with E-state index in [1.54, 1.807) is 13.3 Å². The zero-order valence-corrected chi connectivity index (χ0v) is 11.6. The number of rotatable bonds is 6. The topological polar surface area (TPSA) is 52.0 Å². The van der Waals surface area contributed by atoms with Gasteiger partial charge in [-0.25, -0.2) is 0 Å². The van der Waals surface area contributed by atoms with Crippen molar-refractivity contribution < 1.29 is 4.74 Å². The summed E-state index contributed by atoms with van der Waals surface area (Å²) in [6.07, 6.45) is 7.38. The molecule has 0 radical (unpaired) electrons. The number of nitrogens with one attached hydrogen (secondary N) is 1. The van der Waals surface area contributed by atoms with Gasteiger partial charge in [-0.3, -0.25) is 9.67 Å². The molecule has 0 bridgehead atoms. The molecule has 19 heavy (non-hydrogen) atoms. The van der Waals surface area contributed by atoms with Crippen LogP contribution in [0.1, 0.15) is 23.7 Å². The number of ether oxygens (including phenoxy) is 1. The molecule has 0 spiro atoms. The Hall–Kier alpha value is -1.88. The Balaban J connectivity index is 2.10. The summed E-state index contributed by atoms with van der Waals surface area (Å²) in [7, 11) is 5.58. The molecule has 0 aromatic carbocycles. The molecule has 5 heteroatoms. The smallest absolute Gasteiger partial charge is 0.161 e. The molecule has 0 amide bonds. The van der Waals surface area contributed by atoms with E-state index in [9.17, 15) is 0 Å². The van der Waals surface area contributed by atoms with Crippen molar-refractivity contribution in [2.24, 2.45) is 7.05 Å². The SMILES string of the molecule is CNC(CCc1ccncc1)c1c(OC)cnn1C. The second-order valence-electron chi connectivity index (χ2n) is 4.46. The number of aromatic nitrogens is 3. The van der Waals surface area contributed by atoms with Crippen LogP contribution in [0.5, 0.6) is 5.75 Å². The maximum Gasteiger partial charge on any atom is 0.161 e. The highest BCUT2D eigenvalue weighted by molar-refractivity contribution is 5.28. The van der Waals surface area contributed by atoms with E-state index in [0.29, 0.717) is 0 Å². The zero-order chi connectivity index (χ0) is 13.7. The number of nitrogens with zero attached hydrogens (tertiary/aromatic N) is 3. The van der Waals surface area contributed by atoms with Crippen LogP contribution in [-0.4, -0.2) is 28.9 Å². The van der Waals surface area contributed by atoms with E-state index in [1.807, 2.05) is 43.3 Å². The van der Waals surface area contributed by atoms with Gasteiger partial charge in [0.25, 0.3) is 0 Å². The molecule has 1 N–H and O–H groups in total.